The fraction of sp³-hybridized carbons (Fsp3) is 0.351. The molecule has 0 saturated carbocycles. The van der Waals surface area contributed by atoms with Gasteiger partial charge in [0.05, 0.1) is 5.41 Å². The third-order valence-electron chi connectivity index (χ3n) is 8.36. The minimum atomic E-state index is -0.299. The van der Waals surface area contributed by atoms with Crippen LogP contribution in [0.3, 0.4) is 0 Å². The van der Waals surface area contributed by atoms with Crippen LogP contribution in [0.5, 0.6) is 0 Å². The lowest BCUT2D eigenvalue weighted by molar-refractivity contribution is 0.714. The molecule has 0 aliphatic heterocycles. The molecule has 0 spiro atoms. The summed E-state index contributed by atoms with van der Waals surface area (Å²) in [5.74, 6) is 0. The Kier molecular flexibility index (Phi) is 7.65. The summed E-state index contributed by atoms with van der Waals surface area (Å²) in [6, 6.07) is 33.3. The van der Waals surface area contributed by atoms with Crippen LogP contribution in [0.25, 0.3) is 11.1 Å². The van der Waals surface area contributed by atoms with Gasteiger partial charge in [-0.25, -0.2) is 0 Å². The molecule has 1 aliphatic rings. The monoisotopic (exact) mass is 486 g/mol. The number of aryl methyl sites for hydroxylation is 4. The van der Waals surface area contributed by atoms with Crippen LogP contribution in [0.4, 0.5) is 0 Å². The Morgan fingerprint density at radius 2 is 0.892 bits per heavy atom. The average molecular weight is 487 g/mol. The first-order chi connectivity index (χ1) is 18.1. The van der Waals surface area contributed by atoms with E-state index in [1.807, 2.05) is 0 Å². The van der Waals surface area contributed by atoms with E-state index in [-0.39, 0.29) is 5.41 Å². The van der Waals surface area contributed by atoms with E-state index in [2.05, 4.69) is 113 Å². The number of rotatable bonds is 10. The van der Waals surface area contributed by atoms with Crippen molar-refractivity contribution in [3.8, 4) is 11.1 Å². The molecule has 4 aromatic carbocycles. The molecule has 0 bridgehead atoms. The van der Waals surface area contributed by atoms with Crippen molar-refractivity contribution in [2.75, 3.05) is 0 Å². The molecule has 0 amide bonds. The summed E-state index contributed by atoms with van der Waals surface area (Å²) >= 11 is 0. The summed E-state index contributed by atoms with van der Waals surface area (Å²) in [5.41, 5.74) is 13.6. The van der Waals surface area contributed by atoms with Gasteiger partial charge in [0.1, 0.15) is 0 Å². The number of unbranched alkanes of at least 4 members (excludes halogenated alkanes) is 4. The maximum absolute atomic E-state index is 2.44. The first kappa shape index (κ1) is 25.5. The van der Waals surface area contributed by atoms with Crippen molar-refractivity contribution in [1.82, 2.24) is 0 Å². The van der Waals surface area contributed by atoms with E-state index >= 15 is 0 Å². The zero-order valence-electron chi connectivity index (χ0n) is 23.2. The van der Waals surface area contributed by atoms with Gasteiger partial charge in [-0.05, 0) is 84.0 Å². The van der Waals surface area contributed by atoms with E-state index in [0.29, 0.717) is 0 Å². The lowest BCUT2D eigenvalue weighted by Gasteiger charge is -2.34. The Hall–Kier alpha value is -3.12. The molecule has 0 saturated heterocycles. The maximum atomic E-state index is 2.44. The molecule has 0 fully saturated rings. The Balaban J connectivity index is 1.69. The van der Waals surface area contributed by atoms with Gasteiger partial charge in [0.25, 0.3) is 0 Å². The van der Waals surface area contributed by atoms with E-state index in [0.717, 1.165) is 0 Å². The normalized spacial score (nSPS) is 13.4. The molecule has 0 aromatic heterocycles. The smallest absolute Gasteiger partial charge is 0.0654 e. The molecule has 5 rings (SSSR count). The largest absolute Gasteiger partial charge is 0.0713 e. The van der Waals surface area contributed by atoms with Gasteiger partial charge in [0.2, 0.25) is 0 Å². The predicted octanol–water partition coefficient (Wildman–Crippen LogP) is 10.1. The van der Waals surface area contributed by atoms with Crippen LogP contribution >= 0.6 is 0 Å². The van der Waals surface area contributed by atoms with Crippen LogP contribution in [0.1, 0.15) is 96.9 Å². The van der Waals surface area contributed by atoms with Gasteiger partial charge in [0.15, 0.2) is 0 Å². The van der Waals surface area contributed by atoms with Gasteiger partial charge in [-0.15, -0.1) is 0 Å². The van der Waals surface area contributed by atoms with Crippen LogP contribution < -0.4 is 0 Å². The summed E-state index contributed by atoms with van der Waals surface area (Å²) in [6.07, 6.45) is 10.0. The predicted molar refractivity (Wildman–Crippen MR) is 160 cm³/mol. The highest BCUT2D eigenvalue weighted by atomic mass is 14.5. The number of benzene rings is 4. The minimum absolute atomic E-state index is 0.299. The van der Waals surface area contributed by atoms with E-state index < -0.39 is 0 Å². The molecule has 0 heteroatoms. The van der Waals surface area contributed by atoms with E-state index in [4.69, 9.17) is 0 Å². The second-order valence-electron chi connectivity index (χ2n) is 11.2. The molecule has 0 radical (unpaired) electrons. The van der Waals surface area contributed by atoms with Crippen LogP contribution in [-0.2, 0) is 18.3 Å². The molecule has 0 atom stereocenters. The Labute approximate surface area is 224 Å². The van der Waals surface area contributed by atoms with Crippen molar-refractivity contribution >= 4 is 0 Å². The summed E-state index contributed by atoms with van der Waals surface area (Å²) in [4.78, 5) is 0. The molecular formula is C37H42. The highest BCUT2D eigenvalue weighted by molar-refractivity contribution is 5.86. The highest BCUT2D eigenvalue weighted by Gasteiger charge is 2.46. The molecule has 37 heavy (non-hydrogen) atoms. The first-order valence-corrected chi connectivity index (χ1v) is 14.5. The first-order valence-electron chi connectivity index (χ1n) is 14.5. The van der Waals surface area contributed by atoms with Crippen molar-refractivity contribution in [3.05, 3.63) is 129 Å². The lowest BCUT2D eigenvalue weighted by atomic mass is 9.67. The van der Waals surface area contributed by atoms with Crippen LogP contribution in [0.2, 0.25) is 0 Å². The fourth-order valence-corrected chi connectivity index (χ4v) is 6.34. The number of fused-ring (bicyclic) bond motifs is 3. The zero-order chi connectivity index (χ0) is 25.8. The Morgan fingerprint density at radius 3 is 1.27 bits per heavy atom. The molecule has 0 N–H and O–H groups in total. The van der Waals surface area contributed by atoms with Gasteiger partial charge in [-0.3, -0.25) is 0 Å². The average Bonchev–Trinajstić information content (AvgIpc) is 3.19. The van der Waals surface area contributed by atoms with Gasteiger partial charge in [0, 0.05) is 0 Å². The molecule has 1 aliphatic carbocycles. The SMILES string of the molecule is CCCCCc1ccc(C2(c3ccc(CCCCC)cc3)c3cc(C)ccc3-c3ccc(C)cc32)cc1. The fourth-order valence-electron chi connectivity index (χ4n) is 6.34. The third kappa shape index (κ3) is 4.79. The maximum Gasteiger partial charge on any atom is 0.0713 e. The third-order valence-corrected chi connectivity index (χ3v) is 8.36. The topological polar surface area (TPSA) is 0 Å². The van der Waals surface area contributed by atoms with Gasteiger partial charge < -0.3 is 0 Å². The van der Waals surface area contributed by atoms with Crippen molar-refractivity contribution in [1.29, 1.82) is 0 Å². The van der Waals surface area contributed by atoms with Crippen molar-refractivity contribution < 1.29 is 0 Å². The van der Waals surface area contributed by atoms with Crippen LogP contribution in [0.15, 0.2) is 84.9 Å². The molecule has 0 nitrogen and oxygen atoms in total. The quantitative estimate of drug-likeness (QED) is 0.172. The van der Waals surface area contributed by atoms with E-state index in [1.54, 1.807) is 0 Å². The van der Waals surface area contributed by atoms with Gasteiger partial charge in [-0.1, -0.05) is 136 Å². The summed E-state index contributed by atoms with van der Waals surface area (Å²) < 4.78 is 0. The van der Waals surface area contributed by atoms with Gasteiger partial charge in [-0.2, -0.15) is 0 Å². The van der Waals surface area contributed by atoms with E-state index in [9.17, 15) is 0 Å². The van der Waals surface area contributed by atoms with Crippen molar-refractivity contribution in [3.63, 3.8) is 0 Å². The molecule has 190 valence electrons. The molecule has 4 aromatic rings. The molecule has 0 heterocycles. The summed E-state index contributed by atoms with van der Waals surface area (Å²) in [5, 5.41) is 0. The van der Waals surface area contributed by atoms with Gasteiger partial charge >= 0.3 is 0 Å². The van der Waals surface area contributed by atoms with Crippen LogP contribution in [0, 0.1) is 13.8 Å². The molecule has 0 unspecified atom stereocenters. The molecular weight excluding hydrogens is 444 g/mol. The van der Waals surface area contributed by atoms with Crippen LogP contribution in [-0.4, -0.2) is 0 Å². The lowest BCUT2D eigenvalue weighted by Crippen LogP contribution is -2.29. The van der Waals surface area contributed by atoms with Crippen molar-refractivity contribution in [2.45, 2.75) is 84.5 Å². The summed E-state index contributed by atoms with van der Waals surface area (Å²) in [6.45, 7) is 9.02. The van der Waals surface area contributed by atoms with E-state index in [1.165, 1.54) is 107 Å². The zero-order valence-corrected chi connectivity index (χ0v) is 23.2. The second kappa shape index (κ2) is 11.1. The minimum Gasteiger partial charge on any atom is -0.0654 e. The number of hydrogen-bond acceptors (Lipinski definition) is 0. The highest BCUT2D eigenvalue weighted by Crippen LogP contribution is 2.56. The second-order valence-corrected chi connectivity index (χ2v) is 11.2. The number of hydrogen-bond donors (Lipinski definition) is 0. The standard InChI is InChI=1S/C37H42/c1-5-7-9-11-29-15-19-31(20-16-29)37(32-21-17-30(18-22-32)12-10-8-6-2)35-25-27(3)13-23-33(35)34-24-14-28(4)26-36(34)37/h13-26H,5-12H2,1-4H3. The van der Waals surface area contributed by atoms with Crippen molar-refractivity contribution in [2.24, 2.45) is 0 Å². The Morgan fingerprint density at radius 1 is 0.486 bits per heavy atom. The summed E-state index contributed by atoms with van der Waals surface area (Å²) in [7, 11) is 0. The Bertz CT molecular complexity index is 1230.